The Kier molecular flexibility index (Phi) is 3.38. The van der Waals surface area contributed by atoms with Crippen LogP contribution in [0.3, 0.4) is 0 Å². The SMILES string of the molecule is OCC1O[C@@H](n2ccc3c(-c4ccoc4)ncnc32)[C@@H](O)[C@H]1O. The van der Waals surface area contributed by atoms with E-state index in [4.69, 9.17) is 9.15 Å². The molecular weight excluding hydrogens is 302 g/mol. The number of nitrogens with zero attached hydrogens (tertiary/aromatic N) is 3. The second-order valence-corrected chi connectivity index (χ2v) is 5.42. The number of hydrogen-bond acceptors (Lipinski definition) is 7. The summed E-state index contributed by atoms with van der Waals surface area (Å²) in [5.41, 5.74) is 2.08. The fourth-order valence-corrected chi connectivity index (χ4v) is 2.92. The molecule has 3 N–H and O–H groups in total. The minimum Gasteiger partial charge on any atom is -0.472 e. The van der Waals surface area contributed by atoms with Gasteiger partial charge in [-0.2, -0.15) is 0 Å². The summed E-state index contributed by atoms with van der Waals surface area (Å²) in [5, 5.41) is 30.1. The molecule has 0 radical (unpaired) electrons. The van der Waals surface area contributed by atoms with Gasteiger partial charge in [0.2, 0.25) is 0 Å². The molecule has 8 nitrogen and oxygen atoms in total. The predicted molar refractivity (Wildman–Crippen MR) is 78.2 cm³/mol. The first-order valence-corrected chi connectivity index (χ1v) is 7.17. The highest BCUT2D eigenvalue weighted by atomic mass is 16.6. The highest BCUT2D eigenvalue weighted by Gasteiger charge is 2.43. The van der Waals surface area contributed by atoms with Gasteiger partial charge in [-0.05, 0) is 12.1 Å². The lowest BCUT2D eigenvalue weighted by Gasteiger charge is -2.17. The Balaban J connectivity index is 1.80. The van der Waals surface area contributed by atoms with Crippen molar-refractivity contribution < 1.29 is 24.5 Å². The predicted octanol–water partition coefficient (Wildman–Crippen LogP) is 0.303. The van der Waals surface area contributed by atoms with E-state index in [9.17, 15) is 15.3 Å². The number of aromatic nitrogens is 3. The molecule has 0 amide bonds. The molecule has 0 spiro atoms. The van der Waals surface area contributed by atoms with Gasteiger partial charge in [0.1, 0.15) is 30.3 Å². The van der Waals surface area contributed by atoms with Gasteiger partial charge in [0.25, 0.3) is 0 Å². The van der Waals surface area contributed by atoms with E-state index in [1.165, 1.54) is 6.33 Å². The van der Waals surface area contributed by atoms with Gasteiger partial charge in [0.05, 0.1) is 24.8 Å². The third-order valence-electron chi connectivity index (χ3n) is 4.10. The van der Waals surface area contributed by atoms with Crippen molar-refractivity contribution in [1.82, 2.24) is 14.5 Å². The fourth-order valence-electron chi connectivity index (χ4n) is 2.92. The molecule has 8 heteroatoms. The fraction of sp³-hybridized carbons (Fsp3) is 0.333. The highest BCUT2D eigenvalue weighted by molar-refractivity contribution is 5.90. The Morgan fingerprint density at radius 2 is 2.04 bits per heavy atom. The van der Waals surface area contributed by atoms with Crippen LogP contribution in [-0.4, -0.2) is 54.8 Å². The van der Waals surface area contributed by atoms with E-state index in [1.54, 1.807) is 29.4 Å². The monoisotopic (exact) mass is 317 g/mol. The lowest BCUT2D eigenvalue weighted by molar-refractivity contribution is -0.0508. The quantitative estimate of drug-likeness (QED) is 0.636. The van der Waals surface area contributed by atoms with Crippen LogP contribution in [-0.2, 0) is 4.74 Å². The van der Waals surface area contributed by atoms with Gasteiger partial charge in [-0.3, -0.25) is 0 Å². The first kappa shape index (κ1) is 14.3. The summed E-state index contributed by atoms with van der Waals surface area (Å²) in [6.07, 6.45) is 2.31. The maximum absolute atomic E-state index is 10.2. The van der Waals surface area contributed by atoms with Gasteiger partial charge < -0.3 is 29.0 Å². The zero-order valence-corrected chi connectivity index (χ0v) is 12.0. The van der Waals surface area contributed by atoms with Crippen LogP contribution < -0.4 is 0 Å². The van der Waals surface area contributed by atoms with Gasteiger partial charge in [-0.1, -0.05) is 0 Å². The van der Waals surface area contributed by atoms with E-state index in [0.717, 1.165) is 10.9 Å². The maximum atomic E-state index is 10.2. The molecular formula is C15H15N3O5. The summed E-state index contributed by atoms with van der Waals surface area (Å²) >= 11 is 0. The number of ether oxygens (including phenoxy) is 1. The Morgan fingerprint density at radius 1 is 1.17 bits per heavy atom. The van der Waals surface area contributed by atoms with E-state index in [-0.39, 0.29) is 6.61 Å². The molecule has 23 heavy (non-hydrogen) atoms. The first-order chi connectivity index (χ1) is 11.2. The van der Waals surface area contributed by atoms with Crippen molar-refractivity contribution in [3.63, 3.8) is 0 Å². The van der Waals surface area contributed by atoms with Crippen molar-refractivity contribution >= 4 is 11.0 Å². The van der Waals surface area contributed by atoms with Crippen molar-refractivity contribution in [3.05, 3.63) is 37.2 Å². The van der Waals surface area contributed by atoms with E-state index < -0.39 is 24.5 Å². The molecule has 4 heterocycles. The molecule has 0 bridgehead atoms. The lowest BCUT2D eigenvalue weighted by Crippen LogP contribution is -2.33. The van der Waals surface area contributed by atoms with Gasteiger partial charge >= 0.3 is 0 Å². The summed E-state index contributed by atoms with van der Waals surface area (Å²) < 4.78 is 12.3. The minimum absolute atomic E-state index is 0.372. The molecule has 120 valence electrons. The van der Waals surface area contributed by atoms with E-state index >= 15 is 0 Å². The molecule has 1 unspecified atom stereocenters. The molecule has 4 atom stereocenters. The Hall–Kier alpha value is -2.26. The van der Waals surface area contributed by atoms with Gasteiger partial charge in [0.15, 0.2) is 6.23 Å². The number of aliphatic hydroxyl groups excluding tert-OH is 3. The van der Waals surface area contributed by atoms with Crippen LogP contribution in [0.15, 0.2) is 41.6 Å². The van der Waals surface area contributed by atoms with Gasteiger partial charge in [-0.25, -0.2) is 9.97 Å². The third-order valence-corrected chi connectivity index (χ3v) is 4.10. The van der Waals surface area contributed by atoms with Crippen LogP contribution in [0.4, 0.5) is 0 Å². The van der Waals surface area contributed by atoms with Crippen LogP contribution in [0.1, 0.15) is 6.23 Å². The standard InChI is InChI=1S/C15H15N3O5/c19-5-10-12(20)13(21)15(23-10)18-3-1-9-11(8-2-4-22-6-8)16-7-17-14(9)18/h1-4,6-7,10,12-13,15,19-21H,5H2/t10?,12-,13-,15+/m0/s1. The third kappa shape index (κ3) is 2.15. The molecule has 1 aliphatic rings. The van der Waals surface area contributed by atoms with E-state index in [0.29, 0.717) is 11.3 Å². The number of furan rings is 1. The van der Waals surface area contributed by atoms with Crippen LogP contribution in [0.25, 0.3) is 22.3 Å². The average Bonchev–Trinajstić information content (AvgIpc) is 3.28. The number of fused-ring (bicyclic) bond motifs is 1. The maximum Gasteiger partial charge on any atom is 0.164 e. The molecule has 0 aromatic carbocycles. The number of hydrogen-bond donors (Lipinski definition) is 3. The van der Waals surface area contributed by atoms with Crippen molar-refractivity contribution in [1.29, 1.82) is 0 Å². The molecule has 0 aliphatic carbocycles. The van der Waals surface area contributed by atoms with E-state index in [2.05, 4.69) is 9.97 Å². The van der Waals surface area contributed by atoms with Crippen LogP contribution in [0, 0.1) is 0 Å². The first-order valence-electron chi connectivity index (χ1n) is 7.17. The van der Waals surface area contributed by atoms with Crippen molar-refractivity contribution in [2.24, 2.45) is 0 Å². The zero-order chi connectivity index (χ0) is 16.0. The summed E-state index contributed by atoms with van der Waals surface area (Å²) in [5.74, 6) is 0. The Morgan fingerprint density at radius 3 is 2.74 bits per heavy atom. The minimum atomic E-state index is -1.16. The van der Waals surface area contributed by atoms with E-state index in [1.807, 2.05) is 6.07 Å². The molecule has 1 fully saturated rings. The van der Waals surface area contributed by atoms with Crippen LogP contribution in [0.5, 0.6) is 0 Å². The molecule has 0 saturated carbocycles. The topological polar surface area (TPSA) is 114 Å². The lowest BCUT2D eigenvalue weighted by atomic mass is 10.1. The van der Waals surface area contributed by atoms with Gasteiger partial charge in [-0.15, -0.1) is 0 Å². The Bertz CT molecular complexity index is 816. The molecule has 4 rings (SSSR count). The summed E-state index contributed by atoms with van der Waals surface area (Å²) in [7, 11) is 0. The number of aliphatic hydroxyl groups is 3. The van der Waals surface area contributed by atoms with Crippen LogP contribution >= 0.6 is 0 Å². The normalized spacial score (nSPS) is 27.8. The van der Waals surface area contributed by atoms with Crippen LogP contribution in [0.2, 0.25) is 0 Å². The Labute approximate surface area is 130 Å². The number of rotatable bonds is 3. The largest absolute Gasteiger partial charge is 0.472 e. The second-order valence-electron chi connectivity index (χ2n) is 5.42. The smallest absolute Gasteiger partial charge is 0.164 e. The summed E-state index contributed by atoms with van der Waals surface area (Å²) in [6, 6.07) is 3.61. The van der Waals surface area contributed by atoms with Crippen molar-refractivity contribution in [3.8, 4) is 11.3 Å². The summed E-state index contributed by atoms with van der Waals surface area (Å²) in [4.78, 5) is 8.53. The molecule has 1 aliphatic heterocycles. The molecule has 3 aromatic rings. The molecule has 1 saturated heterocycles. The average molecular weight is 317 g/mol. The highest BCUT2D eigenvalue weighted by Crippen LogP contribution is 2.34. The second kappa shape index (κ2) is 5.43. The van der Waals surface area contributed by atoms with Crippen molar-refractivity contribution in [2.45, 2.75) is 24.5 Å². The van der Waals surface area contributed by atoms with Gasteiger partial charge in [0, 0.05) is 17.1 Å². The van der Waals surface area contributed by atoms with Crippen molar-refractivity contribution in [2.75, 3.05) is 6.61 Å². The zero-order valence-electron chi connectivity index (χ0n) is 12.0. The summed E-state index contributed by atoms with van der Waals surface area (Å²) in [6.45, 7) is -0.372. The molecule has 3 aromatic heterocycles.